The number of ether oxygens (including phenoxy) is 1. The highest BCUT2D eigenvalue weighted by Gasteiger charge is 2.23. The van der Waals surface area contributed by atoms with Crippen molar-refractivity contribution in [2.24, 2.45) is 0 Å². The van der Waals surface area contributed by atoms with E-state index >= 15 is 0 Å². The Morgan fingerprint density at radius 3 is 2.82 bits per heavy atom. The van der Waals surface area contributed by atoms with Gasteiger partial charge in [-0.05, 0) is 13.3 Å². The van der Waals surface area contributed by atoms with Gasteiger partial charge in [0.2, 0.25) is 0 Å². The van der Waals surface area contributed by atoms with Crippen molar-refractivity contribution in [2.45, 2.75) is 32.7 Å². The van der Waals surface area contributed by atoms with Crippen molar-refractivity contribution in [1.82, 2.24) is 9.97 Å². The average Bonchev–Trinajstić information content (AvgIpc) is 2.85. The highest BCUT2D eigenvalue weighted by atomic mass is 35.5. The summed E-state index contributed by atoms with van der Waals surface area (Å²) in [5, 5.41) is 0.553. The number of hydrogen-bond acceptors (Lipinski definition) is 4. The van der Waals surface area contributed by atoms with Crippen LogP contribution in [0.15, 0.2) is 0 Å². The van der Waals surface area contributed by atoms with Gasteiger partial charge in [-0.2, -0.15) is 0 Å². The monoisotopic (exact) mass is 255 g/mol. The number of nitrogens with zero attached hydrogens (tertiary/aromatic N) is 3. The summed E-state index contributed by atoms with van der Waals surface area (Å²) in [4.78, 5) is 11.0. The third kappa shape index (κ3) is 2.53. The summed E-state index contributed by atoms with van der Waals surface area (Å²) in [6, 6.07) is 0.393. The molecule has 0 saturated carbocycles. The van der Waals surface area contributed by atoms with Crippen LogP contribution in [0.25, 0.3) is 0 Å². The summed E-state index contributed by atoms with van der Waals surface area (Å²) in [6.45, 7) is 5.58. The minimum atomic E-state index is 0.393. The number of likely N-dealkylation sites (N-methyl/N-ethyl adjacent to an activating group) is 1. The Morgan fingerprint density at radius 2 is 2.24 bits per heavy atom. The Bertz CT molecular complexity index is 405. The van der Waals surface area contributed by atoms with Crippen LogP contribution in [-0.4, -0.2) is 36.3 Å². The summed E-state index contributed by atoms with van der Waals surface area (Å²) in [7, 11) is 2.05. The summed E-state index contributed by atoms with van der Waals surface area (Å²) in [5.41, 5.74) is 0.943. The molecule has 1 atom stereocenters. The van der Waals surface area contributed by atoms with E-state index in [4.69, 9.17) is 16.3 Å². The lowest BCUT2D eigenvalue weighted by atomic mass is 10.2. The molecule has 4 nitrogen and oxygen atoms in total. The predicted octanol–water partition coefficient (Wildman–Crippen LogP) is 2.23. The van der Waals surface area contributed by atoms with Gasteiger partial charge in [-0.3, -0.25) is 0 Å². The number of aryl methyl sites for hydroxylation is 1. The van der Waals surface area contributed by atoms with E-state index in [0.717, 1.165) is 43.3 Å². The Balaban J connectivity index is 2.32. The highest BCUT2D eigenvalue weighted by molar-refractivity contribution is 6.30. The summed E-state index contributed by atoms with van der Waals surface area (Å²) in [5.74, 6) is 1.72. The van der Waals surface area contributed by atoms with Crippen LogP contribution in [0.4, 0.5) is 5.82 Å². The van der Waals surface area contributed by atoms with E-state index in [1.54, 1.807) is 0 Å². The number of anilines is 1. The topological polar surface area (TPSA) is 38.2 Å². The molecule has 94 valence electrons. The van der Waals surface area contributed by atoms with Crippen molar-refractivity contribution in [1.29, 1.82) is 0 Å². The molecule has 0 radical (unpaired) electrons. The lowest BCUT2D eigenvalue weighted by Gasteiger charge is -2.26. The molecule has 0 aliphatic carbocycles. The maximum atomic E-state index is 6.14. The molecule has 1 aliphatic rings. The fourth-order valence-electron chi connectivity index (χ4n) is 2.02. The second kappa shape index (κ2) is 5.19. The molecule has 0 bridgehead atoms. The SMILES string of the molecule is CCc1nc(Cl)c(C)c(N(C)C2CCOC2)n1. The lowest BCUT2D eigenvalue weighted by Crippen LogP contribution is -2.33. The molecule has 1 aromatic rings. The molecular weight excluding hydrogens is 238 g/mol. The number of rotatable bonds is 3. The third-order valence-electron chi connectivity index (χ3n) is 3.21. The number of hydrogen-bond donors (Lipinski definition) is 0. The zero-order valence-corrected chi connectivity index (χ0v) is 11.3. The normalized spacial score (nSPS) is 19.6. The largest absolute Gasteiger partial charge is 0.379 e. The molecule has 1 aliphatic heterocycles. The van der Waals surface area contributed by atoms with Crippen LogP contribution >= 0.6 is 11.6 Å². The minimum absolute atomic E-state index is 0.393. The first-order chi connectivity index (χ1) is 8.13. The molecule has 0 aromatic carbocycles. The fourth-order valence-corrected chi connectivity index (χ4v) is 2.20. The second-order valence-corrected chi connectivity index (χ2v) is 4.72. The van der Waals surface area contributed by atoms with E-state index in [-0.39, 0.29) is 0 Å². The molecule has 0 amide bonds. The van der Waals surface area contributed by atoms with Crippen LogP contribution in [0.2, 0.25) is 5.15 Å². The van der Waals surface area contributed by atoms with E-state index in [2.05, 4.69) is 14.9 Å². The van der Waals surface area contributed by atoms with Crippen molar-refractivity contribution in [3.63, 3.8) is 0 Å². The standard InChI is InChI=1S/C12H18ClN3O/c1-4-10-14-11(13)8(2)12(15-10)16(3)9-5-6-17-7-9/h9H,4-7H2,1-3H3. The quantitative estimate of drug-likeness (QED) is 0.777. The van der Waals surface area contributed by atoms with Crippen molar-refractivity contribution in [3.8, 4) is 0 Å². The van der Waals surface area contributed by atoms with Gasteiger partial charge in [0.05, 0.1) is 12.6 Å². The summed E-state index contributed by atoms with van der Waals surface area (Å²) in [6.07, 6.45) is 1.83. The molecule has 0 spiro atoms. The Kier molecular flexibility index (Phi) is 3.84. The van der Waals surface area contributed by atoms with Crippen LogP contribution < -0.4 is 4.90 Å². The van der Waals surface area contributed by atoms with Crippen molar-refractivity contribution < 1.29 is 4.74 Å². The minimum Gasteiger partial charge on any atom is -0.379 e. The Morgan fingerprint density at radius 1 is 1.47 bits per heavy atom. The first kappa shape index (κ1) is 12.6. The molecule has 1 saturated heterocycles. The van der Waals surface area contributed by atoms with Crippen LogP contribution in [0, 0.1) is 6.92 Å². The number of aromatic nitrogens is 2. The number of halogens is 1. The van der Waals surface area contributed by atoms with Crippen molar-refractivity contribution >= 4 is 17.4 Å². The average molecular weight is 256 g/mol. The Hall–Kier alpha value is -0.870. The summed E-state index contributed by atoms with van der Waals surface area (Å²) >= 11 is 6.14. The van der Waals surface area contributed by atoms with Gasteiger partial charge in [0.25, 0.3) is 0 Å². The zero-order chi connectivity index (χ0) is 12.4. The zero-order valence-electron chi connectivity index (χ0n) is 10.5. The van der Waals surface area contributed by atoms with Crippen molar-refractivity contribution in [3.05, 3.63) is 16.5 Å². The predicted molar refractivity (Wildman–Crippen MR) is 68.8 cm³/mol. The van der Waals surface area contributed by atoms with Gasteiger partial charge in [-0.1, -0.05) is 18.5 Å². The van der Waals surface area contributed by atoms with Gasteiger partial charge in [-0.15, -0.1) is 0 Å². The molecule has 1 fully saturated rings. The second-order valence-electron chi connectivity index (χ2n) is 4.36. The van der Waals surface area contributed by atoms with Gasteiger partial charge < -0.3 is 9.64 Å². The van der Waals surface area contributed by atoms with Gasteiger partial charge >= 0.3 is 0 Å². The molecule has 2 heterocycles. The first-order valence-corrected chi connectivity index (χ1v) is 6.34. The summed E-state index contributed by atoms with van der Waals surface area (Å²) < 4.78 is 5.41. The molecule has 0 N–H and O–H groups in total. The third-order valence-corrected chi connectivity index (χ3v) is 3.58. The van der Waals surface area contributed by atoms with E-state index in [1.165, 1.54) is 0 Å². The molecular formula is C12H18ClN3O. The smallest absolute Gasteiger partial charge is 0.137 e. The molecule has 2 rings (SSSR count). The van der Waals surface area contributed by atoms with E-state index in [0.29, 0.717) is 11.2 Å². The van der Waals surface area contributed by atoms with Crippen molar-refractivity contribution in [2.75, 3.05) is 25.2 Å². The van der Waals surface area contributed by atoms with E-state index < -0.39 is 0 Å². The van der Waals surface area contributed by atoms with Crippen LogP contribution in [0.1, 0.15) is 24.7 Å². The highest BCUT2D eigenvalue weighted by Crippen LogP contribution is 2.26. The van der Waals surface area contributed by atoms with Crippen LogP contribution in [0.3, 0.4) is 0 Å². The maximum Gasteiger partial charge on any atom is 0.137 e. The first-order valence-electron chi connectivity index (χ1n) is 5.97. The lowest BCUT2D eigenvalue weighted by molar-refractivity contribution is 0.193. The van der Waals surface area contributed by atoms with Gasteiger partial charge in [0.15, 0.2) is 0 Å². The Labute approximate surface area is 107 Å². The van der Waals surface area contributed by atoms with Crippen LogP contribution in [-0.2, 0) is 11.2 Å². The molecule has 1 aromatic heterocycles. The van der Waals surface area contributed by atoms with Crippen LogP contribution in [0.5, 0.6) is 0 Å². The van der Waals surface area contributed by atoms with Gasteiger partial charge in [0, 0.05) is 25.6 Å². The molecule has 17 heavy (non-hydrogen) atoms. The van der Waals surface area contributed by atoms with Gasteiger partial charge in [-0.25, -0.2) is 9.97 Å². The maximum absolute atomic E-state index is 6.14. The van der Waals surface area contributed by atoms with E-state index in [1.807, 2.05) is 20.9 Å². The fraction of sp³-hybridized carbons (Fsp3) is 0.667. The van der Waals surface area contributed by atoms with Gasteiger partial charge in [0.1, 0.15) is 16.8 Å². The molecule has 1 unspecified atom stereocenters. The van der Waals surface area contributed by atoms with E-state index in [9.17, 15) is 0 Å². The molecule has 5 heteroatoms.